The third-order valence-electron chi connectivity index (χ3n) is 2.72. The van der Waals surface area contributed by atoms with Crippen LogP contribution in [0.5, 0.6) is 5.75 Å². The van der Waals surface area contributed by atoms with E-state index in [1.54, 1.807) is 12.1 Å². The molecule has 1 aromatic rings. The zero-order chi connectivity index (χ0) is 13.0. The molecular weight excluding hydrogens is 308 g/mol. The van der Waals surface area contributed by atoms with Crippen molar-refractivity contribution in [1.82, 2.24) is 4.90 Å². The predicted octanol–water partition coefficient (Wildman–Crippen LogP) is 2.88. The number of nitrogens with zero attached hydrogens (tertiary/aromatic N) is 1. The molecule has 100 valence electrons. The molecule has 0 aromatic heterocycles. The van der Waals surface area contributed by atoms with Crippen LogP contribution in [-0.4, -0.2) is 37.8 Å². The van der Waals surface area contributed by atoms with Gasteiger partial charge in [-0.3, -0.25) is 4.90 Å². The minimum absolute atomic E-state index is 0.163. The second kappa shape index (κ2) is 6.45. The van der Waals surface area contributed by atoms with Gasteiger partial charge in [0.05, 0.1) is 17.7 Å². The minimum atomic E-state index is -2.80. The van der Waals surface area contributed by atoms with Crippen LogP contribution < -0.4 is 4.74 Å². The van der Waals surface area contributed by atoms with Crippen LogP contribution in [-0.2, 0) is 11.3 Å². The highest BCUT2D eigenvalue weighted by molar-refractivity contribution is 9.10. The van der Waals surface area contributed by atoms with E-state index in [9.17, 15) is 8.78 Å². The molecule has 1 aliphatic heterocycles. The fraction of sp³-hybridized carbons (Fsp3) is 0.500. The Labute approximate surface area is 113 Å². The zero-order valence-electron chi connectivity index (χ0n) is 9.74. The van der Waals surface area contributed by atoms with Gasteiger partial charge in [-0.2, -0.15) is 8.78 Å². The van der Waals surface area contributed by atoms with Crippen LogP contribution in [0.3, 0.4) is 0 Å². The number of morpholine rings is 1. The predicted molar refractivity (Wildman–Crippen MR) is 66.9 cm³/mol. The summed E-state index contributed by atoms with van der Waals surface area (Å²) in [5.41, 5.74) is 1.06. The van der Waals surface area contributed by atoms with Gasteiger partial charge in [0.2, 0.25) is 0 Å². The number of ether oxygens (including phenoxy) is 2. The number of alkyl halides is 2. The zero-order valence-corrected chi connectivity index (χ0v) is 11.3. The van der Waals surface area contributed by atoms with Crippen LogP contribution >= 0.6 is 15.9 Å². The number of hydrogen-bond acceptors (Lipinski definition) is 3. The molecule has 0 radical (unpaired) electrons. The van der Waals surface area contributed by atoms with Gasteiger partial charge in [-0.05, 0) is 33.6 Å². The number of halogens is 3. The van der Waals surface area contributed by atoms with Gasteiger partial charge < -0.3 is 9.47 Å². The van der Waals surface area contributed by atoms with Crippen LogP contribution in [0.4, 0.5) is 8.78 Å². The average molecular weight is 322 g/mol. The van der Waals surface area contributed by atoms with Crippen LogP contribution in [0.15, 0.2) is 22.7 Å². The monoisotopic (exact) mass is 321 g/mol. The lowest BCUT2D eigenvalue weighted by atomic mass is 10.2. The number of hydrogen-bond donors (Lipinski definition) is 0. The van der Waals surface area contributed by atoms with E-state index in [4.69, 9.17) is 4.74 Å². The Bertz CT molecular complexity index is 398. The maximum absolute atomic E-state index is 12.1. The molecule has 0 saturated carbocycles. The molecule has 1 heterocycles. The highest BCUT2D eigenvalue weighted by Gasteiger charge is 2.13. The molecule has 0 N–H and O–H groups in total. The SMILES string of the molecule is FC(F)Oc1ccc(CN2CCOCC2)cc1Br. The van der Waals surface area contributed by atoms with Crippen molar-refractivity contribution in [3.63, 3.8) is 0 Å². The molecule has 0 atom stereocenters. The molecule has 1 aliphatic rings. The maximum atomic E-state index is 12.1. The third kappa shape index (κ3) is 3.90. The topological polar surface area (TPSA) is 21.7 Å². The first kappa shape index (κ1) is 13.7. The lowest BCUT2D eigenvalue weighted by molar-refractivity contribution is -0.0503. The van der Waals surface area contributed by atoms with Gasteiger partial charge >= 0.3 is 6.61 Å². The summed E-state index contributed by atoms with van der Waals surface area (Å²) in [6.07, 6.45) is 0. The van der Waals surface area contributed by atoms with Crippen molar-refractivity contribution in [2.75, 3.05) is 26.3 Å². The molecular formula is C12H14BrF2NO2. The summed E-state index contributed by atoms with van der Waals surface area (Å²) in [5, 5.41) is 0. The maximum Gasteiger partial charge on any atom is 0.387 e. The van der Waals surface area contributed by atoms with E-state index >= 15 is 0 Å². The highest BCUT2D eigenvalue weighted by atomic mass is 79.9. The van der Waals surface area contributed by atoms with E-state index in [0.29, 0.717) is 4.47 Å². The van der Waals surface area contributed by atoms with Gasteiger partial charge in [0.1, 0.15) is 5.75 Å². The van der Waals surface area contributed by atoms with E-state index in [-0.39, 0.29) is 5.75 Å². The van der Waals surface area contributed by atoms with E-state index in [1.165, 1.54) is 0 Å². The summed E-state index contributed by atoms with van der Waals surface area (Å²) in [5.74, 6) is 0.163. The summed E-state index contributed by atoms with van der Waals surface area (Å²) in [4.78, 5) is 2.26. The fourth-order valence-corrected chi connectivity index (χ4v) is 2.37. The first-order valence-electron chi connectivity index (χ1n) is 5.68. The Balaban J connectivity index is 1.99. The van der Waals surface area contributed by atoms with E-state index in [2.05, 4.69) is 25.6 Å². The average Bonchev–Trinajstić information content (AvgIpc) is 2.33. The van der Waals surface area contributed by atoms with Crippen LogP contribution in [0.1, 0.15) is 5.56 Å². The minimum Gasteiger partial charge on any atom is -0.434 e. The summed E-state index contributed by atoms with van der Waals surface area (Å²) in [6.45, 7) is 1.27. The van der Waals surface area contributed by atoms with Gasteiger partial charge in [-0.1, -0.05) is 6.07 Å². The largest absolute Gasteiger partial charge is 0.434 e. The van der Waals surface area contributed by atoms with Crippen molar-refractivity contribution in [2.45, 2.75) is 13.2 Å². The Hall–Kier alpha value is -0.720. The molecule has 1 fully saturated rings. The highest BCUT2D eigenvalue weighted by Crippen LogP contribution is 2.27. The molecule has 0 bridgehead atoms. The first-order valence-corrected chi connectivity index (χ1v) is 6.48. The van der Waals surface area contributed by atoms with E-state index in [1.807, 2.05) is 6.07 Å². The fourth-order valence-electron chi connectivity index (χ4n) is 1.85. The molecule has 1 saturated heterocycles. The normalized spacial score (nSPS) is 17.1. The quantitative estimate of drug-likeness (QED) is 0.851. The lowest BCUT2D eigenvalue weighted by Gasteiger charge is -2.26. The van der Waals surface area contributed by atoms with Crippen molar-refractivity contribution >= 4 is 15.9 Å². The molecule has 2 rings (SSSR count). The van der Waals surface area contributed by atoms with Crippen molar-refractivity contribution in [3.05, 3.63) is 28.2 Å². The van der Waals surface area contributed by atoms with Crippen molar-refractivity contribution < 1.29 is 18.3 Å². The van der Waals surface area contributed by atoms with Crippen LogP contribution in [0.25, 0.3) is 0 Å². The first-order chi connectivity index (χ1) is 8.65. The summed E-state index contributed by atoms with van der Waals surface area (Å²) in [6, 6.07) is 5.18. The molecule has 0 spiro atoms. The second-order valence-corrected chi connectivity index (χ2v) is 4.89. The molecule has 0 unspecified atom stereocenters. The van der Waals surface area contributed by atoms with Crippen molar-refractivity contribution in [3.8, 4) is 5.75 Å². The van der Waals surface area contributed by atoms with E-state index < -0.39 is 6.61 Å². The molecule has 0 amide bonds. The summed E-state index contributed by atoms with van der Waals surface area (Å²) < 4.78 is 34.4. The Morgan fingerprint density at radius 1 is 1.33 bits per heavy atom. The van der Waals surface area contributed by atoms with Crippen LogP contribution in [0.2, 0.25) is 0 Å². The summed E-state index contributed by atoms with van der Waals surface area (Å²) in [7, 11) is 0. The molecule has 0 aliphatic carbocycles. The van der Waals surface area contributed by atoms with Crippen LogP contribution in [0, 0.1) is 0 Å². The van der Waals surface area contributed by atoms with Gasteiger partial charge in [-0.25, -0.2) is 0 Å². The second-order valence-electron chi connectivity index (χ2n) is 4.03. The molecule has 1 aromatic carbocycles. The Morgan fingerprint density at radius 2 is 2.06 bits per heavy atom. The smallest absolute Gasteiger partial charge is 0.387 e. The third-order valence-corrected chi connectivity index (χ3v) is 3.34. The van der Waals surface area contributed by atoms with E-state index in [0.717, 1.165) is 38.4 Å². The van der Waals surface area contributed by atoms with Gasteiger partial charge in [0.25, 0.3) is 0 Å². The van der Waals surface area contributed by atoms with Crippen molar-refractivity contribution in [2.24, 2.45) is 0 Å². The number of benzene rings is 1. The van der Waals surface area contributed by atoms with Gasteiger partial charge in [0.15, 0.2) is 0 Å². The van der Waals surface area contributed by atoms with Gasteiger partial charge in [-0.15, -0.1) is 0 Å². The molecule has 6 heteroatoms. The Morgan fingerprint density at radius 3 is 2.67 bits per heavy atom. The Kier molecular flexibility index (Phi) is 4.91. The molecule has 18 heavy (non-hydrogen) atoms. The standard InChI is InChI=1S/C12H14BrF2NO2/c13-10-7-9(1-2-11(10)18-12(14)15)8-16-3-5-17-6-4-16/h1-2,7,12H,3-6,8H2. The van der Waals surface area contributed by atoms with Gasteiger partial charge in [0, 0.05) is 19.6 Å². The molecule has 3 nitrogen and oxygen atoms in total. The summed E-state index contributed by atoms with van der Waals surface area (Å²) >= 11 is 3.24. The van der Waals surface area contributed by atoms with Crippen molar-refractivity contribution in [1.29, 1.82) is 0 Å². The number of rotatable bonds is 4. The lowest BCUT2D eigenvalue weighted by Crippen LogP contribution is -2.35.